The van der Waals surface area contributed by atoms with Gasteiger partial charge in [-0.1, -0.05) is 6.07 Å². The van der Waals surface area contributed by atoms with Crippen LogP contribution in [0.1, 0.15) is 13.8 Å². The van der Waals surface area contributed by atoms with E-state index in [1.165, 1.54) is 5.69 Å². The van der Waals surface area contributed by atoms with Gasteiger partial charge in [0, 0.05) is 30.9 Å². The molecule has 0 aliphatic heterocycles. The summed E-state index contributed by atoms with van der Waals surface area (Å²) in [5.74, 6) is 0.895. The predicted molar refractivity (Wildman–Crippen MR) is 69.4 cm³/mol. The van der Waals surface area contributed by atoms with Crippen molar-refractivity contribution in [3.63, 3.8) is 0 Å². The molecule has 0 aliphatic rings. The minimum absolute atomic E-state index is 0.0951. The van der Waals surface area contributed by atoms with E-state index in [2.05, 4.69) is 37.2 Å². The number of nitrogens with one attached hydrogen (secondary N) is 1. The van der Waals surface area contributed by atoms with Crippen molar-refractivity contribution in [1.82, 2.24) is 5.32 Å². The van der Waals surface area contributed by atoms with Crippen molar-refractivity contribution in [2.45, 2.75) is 19.4 Å². The lowest BCUT2D eigenvalue weighted by atomic mass is 10.1. The number of methoxy groups -OCH3 is 1. The lowest BCUT2D eigenvalue weighted by molar-refractivity contribution is 0.413. The van der Waals surface area contributed by atoms with Crippen LogP contribution in [0, 0.1) is 0 Å². The Morgan fingerprint density at radius 3 is 2.62 bits per heavy atom. The quantitative estimate of drug-likeness (QED) is 0.826. The summed E-state index contributed by atoms with van der Waals surface area (Å²) in [5, 5.41) is 3.30. The van der Waals surface area contributed by atoms with Crippen molar-refractivity contribution in [1.29, 1.82) is 0 Å². The number of hydrogen-bond acceptors (Lipinski definition) is 3. The average molecular weight is 222 g/mol. The molecule has 0 saturated heterocycles. The number of likely N-dealkylation sites (N-methyl/N-ethyl adjacent to an activating group) is 2. The summed E-state index contributed by atoms with van der Waals surface area (Å²) in [4.78, 5) is 2.22. The van der Waals surface area contributed by atoms with Crippen molar-refractivity contribution in [2.24, 2.45) is 0 Å². The number of benzene rings is 1. The van der Waals surface area contributed by atoms with Crippen LogP contribution in [0.5, 0.6) is 5.75 Å². The molecule has 0 aliphatic carbocycles. The van der Waals surface area contributed by atoms with Gasteiger partial charge in [0.25, 0.3) is 0 Å². The Bertz CT molecular complexity index is 336. The zero-order chi connectivity index (χ0) is 12.2. The van der Waals surface area contributed by atoms with Gasteiger partial charge in [-0.2, -0.15) is 0 Å². The zero-order valence-corrected chi connectivity index (χ0v) is 10.9. The van der Waals surface area contributed by atoms with Crippen LogP contribution in [-0.2, 0) is 0 Å². The van der Waals surface area contributed by atoms with E-state index in [9.17, 15) is 0 Å². The lowest BCUT2D eigenvalue weighted by Gasteiger charge is -2.31. The Hall–Kier alpha value is -1.22. The van der Waals surface area contributed by atoms with Crippen LogP contribution < -0.4 is 15.0 Å². The SMILES string of the molecule is CNC(C)(C)CN(C)c1cccc(OC)c1. The number of nitrogens with zero attached hydrogens (tertiary/aromatic N) is 1. The highest BCUT2D eigenvalue weighted by molar-refractivity contribution is 5.50. The Labute approximate surface area is 98.4 Å². The van der Waals surface area contributed by atoms with Gasteiger partial charge < -0.3 is 15.0 Å². The fourth-order valence-corrected chi connectivity index (χ4v) is 1.61. The van der Waals surface area contributed by atoms with E-state index in [-0.39, 0.29) is 5.54 Å². The molecule has 0 amide bonds. The number of rotatable bonds is 5. The lowest BCUT2D eigenvalue weighted by Crippen LogP contribution is -2.46. The first-order valence-corrected chi connectivity index (χ1v) is 5.52. The molecular weight excluding hydrogens is 200 g/mol. The third kappa shape index (κ3) is 3.42. The van der Waals surface area contributed by atoms with Crippen LogP contribution >= 0.6 is 0 Å². The molecule has 0 bridgehead atoms. The fraction of sp³-hybridized carbons (Fsp3) is 0.538. The summed E-state index contributed by atoms with van der Waals surface area (Å²) in [6, 6.07) is 8.11. The first kappa shape index (κ1) is 12.8. The predicted octanol–water partition coefficient (Wildman–Crippen LogP) is 2.13. The standard InChI is InChI=1S/C13H22N2O/c1-13(2,14-3)10-15(4)11-7-6-8-12(9-11)16-5/h6-9,14H,10H2,1-5H3. The highest BCUT2D eigenvalue weighted by Gasteiger charge is 2.17. The highest BCUT2D eigenvalue weighted by atomic mass is 16.5. The van der Waals surface area contributed by atoms with E-state index >= 15 is 0 Å². The molecule has 0 radical (unpaired) electrons. The van der Waals surface area contributed by atoms with Crippen LogP contribution in [0.25, 0.3) is 0 Å². The van der Waals surface area contributed by atoms with Crippen LogP contribution in [0.4, 0.5) is 5.69 Å². The summed E-state index contributed by atoms with van der Waals surface area (Å²) >= 11 is 0. The van der Waals surface area contributed by atoms with Gasteiger partial charge in [-0.3, -0.25) is 0 Å². The maximum Gasteiger partial charge on any atom is 0.120 e. The third-order valence-electron chi connectivity index (χ3n) is 2.80. The minimum Gasteiger partial charge on any atom is -0.497 e. The molecule has 1 aromatic rings. The van der Waals surface area contributed by atoms with Crippen molar-refractivity contribution < 1.29 is 4.74 Å². The van der Waals surface area contributed by atoms with Crippen molar-refractivity contribution in [3.8, 4) is 5.75 Å². The number of anilines is 1. The molecule has 1 rings (SSSR count). The fourth-order valence-electron chi connectivity index (χ4n) is 1.61. The van der Waals surface area contributed by atoms with Crippen molar-refractivity contribution in [2.75, 3.05) is 32.6 Å². The van der Waals surface area contributed by atoms with Gasteiger partial charge in [-0.15, -0.1) is 0 Å². The van der Waals surface area contributed by atoms with E-state index in [1.54, 1.807) is 7.11 Å². The van der Waals surface area contributed by atoms with Gasteiger partial charge >= 0.3 is 0 Å². The molecule has 3 nitrogen and oxygen atoms in total. The molecule has 0 spiro atoms. The van der Waals surface area contributed by atoms with Crippen LogP contribution in [0.2, 0.25) is 0 Å². The summed E-state index contributed by atoms with van der Waals surface area (Å²) < 4.78 is 5.22. The molecule has 0 atom stereocenters. The van der Waals surface area contributed by atoms with E-state index < -0.39 is 0 Å². The summed E-state index contributed by atoms with van der Waals surface area (Å²) in [5.41, 5.74) is 1.26. The normalized spacial score (nSPS) is 11.3. The Kier molecular flexibility index (Phi) is 4.19. The molecule has 0 heterocycles. The van der Waals surface area contributed by atoms with Crippen molar-refractivity contribution in [3.05, 3.63) is 24.3 Å². The van der Waals surface area contributed by atoms with E-state index in [4.69, 9.17) is 4.74 Å². The second kappa shape index (κ2) is 5.21. The van der Waals surface area contributed by atoms with E-state index in [1.807, 2.05) is 25.2 Å². The zero-order valence-electron chi connectivity index (χ0n) is 10.9. The maximum atomic E-state index is 5.22. The minimum atomic E-state index is 0.0951. The third-order valence-corrected chi connectivity index (χ3v) is 2.80. The van der Waals surface area contributed by atoms with Crippen LogP contribution in [-0.4, -0.2) is 33.3 Å². The topological polar surface area (TPSA) is 24.5 Å². The van der Waals surface area contributed by atoms with Gasteiger partial charge in [-0.25, -0.2) is 0 Å². The maximum absolute atomic E-state index is 5.22. The number of ether oxygens (including phenoxy) is 1. The first-order valence-electron chi connectivity index (χ1n) is 5.52. The van der Waals surface area contributed by atoms with Gasteiger partial charge in [0.15, 0.2) is 0 Å². The van der Waals surface area contributed by atoms with Gasteiger partial charge in [0.2, 0.25) is 0 Å². The second-order valence-corrected chi connectivity index (χ2v) is 4.69. The van der Waals surface area contributed by atoms with E-state index in [0.717, 1.165) is 12.3 Å². The molecule has 0 unspecified atom stereocenters. The second-order valence-electron chi connectivity index (χ2n) is 4.69. The highest BCUT2D eigenvalue weighted by Crippen LogP contribution is 2.21. The van der Waals surface area contributed by atoms with Crippen LogP contribution in [0.15, 0.2) is 24.3 Å². The Morgan fingerprint density at radius 1 is 1.38 bits per heavy atom. The first-order chi connectivity index (χ1) is 7.48. The molecule has 0 saturated carbocycles. The molecule has 0 fully saturated rings. The molecule has 0 aromatic heterocycles. The van der Waals surface area contributed by atoms with Gasteiger partial charge in [0.1, 0.15) is 5.75 Å². The molecule has 90 valence electrons. The number of hydrogen-bond donors (Lipinski definition) is 1. The smallest absolute Gasteiger partial charge is 0.120 e. The summed E-state index contributed by atoms with van der Waals surface area (Å²) in [6.45, 7) is 5.31. The average Bonchev–Trinajstić information content (AvgIpc) is 2.28. The largest absolute Gasteiger partial charge is 0.497 e. The Balaban J connectivity index is 2.76. The molecule has 3 heteroatoms. The summed E-state index contributed by atoms with van der Waals surface area (Å²) in [6.07, 6.45) is 0. The molecular formula is C13H22N2O. The van der Waals surface area contributed by atoms with Crippen LogP contribution in [0.3, 0.4) is 0 Å². The van der Waals surface area contributed by atoms with E-state index in [0.29, 0.717) is 0 Å². The van der Waals surface area contributed by atoms with Gasteiger partial charge in [0.05, 0.1) is 7.11 Å². The monoisotopic (exact) mass is 222 g/mol. The molecule has 1 aromatic carbocycles. The van der Waals surface area contributed by atoms with Crippen molar-refractivity contribution >= 4 is 5.69 Å². The van der Waals surface area contributed by atoms with Gasteiger partial charge in [-0.05, 0) is 33.0 Å². The summed E-state index contributed by atoms with van der Waals surface area (Å²) in [7, 11) is 5.77. The molecule has 1 N–H and O–H groups in total. The molecule has 16 heavy (non-hydrogen) atoms. The Morgan fingerprint density at radius 2 is 2.06 bits per heavy atom.